The fraction of sp³-hybridized carbons (Fsp3) is 0.533. The van der Waals surface area contributed by atoms with E-state index >= 15 is 0 Å². The van der Waals surface area contributed by atoms with Gasteiger partial charge in [0.05, 0.1) is 0 Å². The predicted octanol–water partition coefficient (Wildman–Crippen LogP) is 1.87. The lowest BCUT2D eigenvalue weighted by Crippen LogP contribution is -2.46. The number of rotatable bonds is 4. The third kappa shape index (κ3) is 3.53. The first-order valence-corrected chi connectivity index (χ1v) is 6.84. The van der Waals surface area contributed by atoms with Crippen molar-refractivity contribution in [2.45, 2.75) is 26.2 Å². The summed E-state index contributed by atoms with van der Waals surface area (Å²) in [5, 5.41) is 6.19. The molecule has 2 N–H and O–H groups in total. The molecule has 1 heterocycles. The number of carbonyl (C=O) groups excluding carboxylic acids is 1. The van der Waals surface area contributed by atoms with E-state index in [4.69, 9.17) is 0 Å². The van der Waals surface area contributed by atoms with Gasteiger partial charge in [0.25, 0.3) is 0 Å². The number of halogens is 1. The molecule has 0 aliphatic carbocycles. The van der Waals surface area contributed by atoms with Crippen LogP contribution in [0.3, 0.4) is 0 Å². The third-order valence-corrected chi connectivity index (χ3v) is 3.89. The number of hydrogen-bond acceptors (Lipinski definition) is 2. The van der Waals surface area contributed by atoms with Crippen molar-refractivity contribution in [3.63, 3.8) is 0 Å². The van der Waals surface area contributed by atoms with Crippen LogP contribution in [0, 0.1) is 11.2 Å². The molecule has 3 nitrogen and oxygen atoms in total. The highest BCUT2D eigenvalue weighted by molar-refractivity contribution is 5.82. The van der Waals surface area contributed by atoms with Gasteiger partial charge in [-0.2, -0.15) is 0 Å². The van der Waals surface area contributed by atoms with Crippen LogP contribution in [0.4, 0.5) is 4.39 Å². The summed E-state index contributed by atoms with van der Waals surface area (Å²) in [5.41, 5.74) is 0.374. The van der Waals surface area contributed by atoms with E-state index in [2.05, 4.69) is 10.6 Å². The monoisotopic (exact) mass is 264 g/mol. The van der Waals surface area contributed by atoms with Crippen LogP contribution in [0.15, 0.2) is 24.3 Å². The quantitative estimate of drug-likeness (QED) is 0.871. The molecule has 1 fully saturated rings. The maximum atomic E-state index is 13.4. The summed E-state index contributed by atoms with van der Waals surface area (Å²) in [5.74, 6) is -0.116. The number of hydrogen-bond donors (Lipinski definition) is 2. The minimum absolute atomic E-state index is 0.0883. The van der Waals surface area contributed by atoms with Crippen LogP contribution in [-0.2, 0) is 11.2 Å². The van der Waals surface area contributed by atoms with E-state index in [0.29, 0.717) is 18.5 Å². The van der Waals surface area contributed by atoms with Crippen LogP contribution in [0.25, 0.3) is 0 Å². The molecular formula is C15H21FN2O. The molecule has 0 unspecified atom stereocenters. The maximum Gasteiger partial charge on any atom is 0.226 e. The van der Waals surface area contributed by atoms with Crippen LogP contribution in [0.1, 0.15) is 25.3 Å². The fourth-order valence-electron chi connectivity index (χ4n) is 2.43. The summed E-state index contributed by atoms with van der Waals surface area (Å²) in [6.07, 6.45) is 2.25. The number of amides is 1. The molecule has 0 radical (unpaired) electrons. The second-order valence-corrected chi connectivity index (χ2v) is 5.41. The number of carbonyl (C=O) groups is 1. The van der Waals surface area contributed by atoms with Gasteiger partial charge in [-0.25, -0.2) is 4.39 Å². The highest BCUT2D eigenvalue weighted by atomic mass is 19.1. The van der Waals surface area contributed by atoms with E-state index in [0.717, 1.165) is 25.9 Å². The van der Waals surface area contributed by atoms with E-state index in [9.17, 15) is 9.18 Å². The zero-order chi connectivity index (χ0) is 13.7. The largest absolute Gasteiger partial charge is 0.355 e. The van der Waals surface area contributed by atoms with Gasteiger partial charge >= 0.3 is 0 Å². The zero-order valence-corrected chi connectivity index (χ0v) is 11.3. The highest BCUT2D eigenvalue weighted by Gasteiger charge is 2.34. The minimum atomic E-state index is -0.277. The lowest BCUT2D eigenvalue weighted by atomic mass is 9.80. The molecule has 0 spiro atoms. The predicted molar refractivity (Wildman–Crippen MR) is 73.3 cm³/mol. The summed E-state index contributed by atoms with van der Waals surface area (Å²) in [4.78, 5) is 12.2. The average Bonchev–Trinajstić information content (AvgIpc) is 2.41. The van der Waals surface area contributed by atoms with Crippen LogP contribution in [-0.4, -0.2) is 25.5 Å². The van der Waals surface area contributed by atoms with Gasteiger partial charge in [-0.3, -0.25) is 4.79 Å². The maximum absolute atomic E-state index is 13.4. The Bertz CT molecular complexity index is 442. The van der Waals surface area contributed by atoms with E-state index in [1.54, 1.807) is 12.1 Å². The van der Waals surface area contributed by atoms with Crippen LogP contribution >= 0.6 is 0 Å². The second-order valence-electron chi connectivity index (χ2n) is 5.41. The smallest absolute Gasteiger partial charge is 0.226 e. The van der Waals surface area contributed by atoms with Crippen molar-refractivity contribution in [3.05, 3.63) is 35.6 Å². The van der Waals surface area contributed by atoms with Crippen molar-refractivity contribution in [3.8, 4) is 0 Å². The number of benzene rings is 1. The molecule has 4 heteroatoms. The molecule has 0 saturated carbocycles. The van der Waals surface area contributed by atoms with E-state index < -0.39 is 0 Å². The van der Waals surface area contributed by atoms with Crippen molar-refractivity contribution in [2.75, 3.05) is 19.6 Å². The van der Waals surface area contributed by atoms with Gasteiger partial charge in [-0.05, 0) is 44.0 Å². The molecular weight excluding hydrogens is 243 g/mol. The van der Waals surface area contributed by atoms with Crippen molar-refractivity contribution >= 4 is 5.91 Å². The Morgan fingerprint density at radius 2 is 2.05 bits per heavy atom. The first-order valence-electron chi connectivity index (χ1n) is 6.84. The minimum Gasteiger partial charge on any atom is -0.355 e. The molecule has 2 rings (SSSR count). The standard InChI is InChI=1S/C15H21FN2O/c1-15(7-10-17-11-8-15)14(19)18-9-6-12-4-2-3-5-13(12)16/h2-5,17H,6-11H2,1H3,(H,18,19). The first-order chi connectivity index (χ1) is 9.12. The molecule has 1 aromatic carbocycles. The molecule has 1 aromatic rings. The molecule has 1 amide bonds. The Labute approximate surface area is 113 Å². The third-order valence-electron chi connectivity index (χ3n) is 3.89. The summed E-state index contributed by atoms with van der Waals surface area (Å²) < 4.78 is 13.4. The van der Waals surface area contributed by atoms with Gasteiger partial charge in [0.15, 0.2) is 0 Å². The SMILES string of the molecule is CC1(C(=O)NCCc2ccccc2F)CCNCC1. The molecule has 1 aliphatic heterocycles. The summed E-state index contributed by atoms with van der Waals surface area (Å²) in [6, 6.07) is 6.70. The Kier molecular flexibility index (Phi) is 4.53. The topological polar surface area (TPSA) is 41.1 Å². The Morgan fingerprint density at radius 1 is 1.37 bits per heavy atom. The lowest BCUT2D eigenvalue weighted by molar-refractivity contribution is -0.131. The Balaban J connectivity index is 1.82. The van der Waals surface area contributed by atoms with E-state index in [1.165, 1.54) is 6.07 Å². The molecule has 19 heavy (non-hydrogen) atoms. The number of nitrogens with one attached hydrogen (secondary N) is 2. The normalized spacial score (nSPS) is 18.0. The van der Waals surface area contributed by atoms with Crippen molar-refractivity contribution in [1.82, 2.24) is 10.6 Å². The summed E-state index contributed by atoms with van der Waals surface area (Å²) in [6.45, 7) is 4.27. The van der Waals surface area contributed by atoms with Gasteiger partial charge in [0, 0.05) is 12.0 Å². The summed E-state index contributed by atoms with van der Waals surface area (Å²) >= 11 is 0. The van der Waals surface area contributed by atoms with Gasteiger partial charge in [0.2, 0.25) is 5.91 Å². The zero-order valence-electron chi connectivity index (χ0n) is 11.3. The van der Waals surface area contributed by atoms with Gasteiger partial charge in [-0.1, -0.05) is 25.1 Å². The van der Waals surface area contributed by atoms with Crippen molar-refractivity contribution in [1.29, 1.82) is 0 Å². The van der Waals surface area contributed by atoms with Gasteiger partial charge in [-0.15, -0.1) is 0 Å². The van der Waals surface area contributed by atoms with E-state index in [1.807, 2.05) is 13.0 Å². The molecule has 0 bridgehead atoms. The Morgan fingerprint density at radius 3 is 2.74 bits per heavy atom. The second kappa shape index (κ2) is 6.15. The summed E-state index contributed by atoms with van der Waals surface area (Å²) in [7, 11) is 0. The molecule has 104 valence electrons. The average molecular weight is 264 g/mol. The fourth-order valence-corrected chi connectivity index (χ4v) is 2.43. The molecule has 1 saturated heterocycles. The van der Waals surface area contributed by atoms with Crippen LogP contribution in [0.5, 0.6) is 0 Å². The van der Waals surface area contributed by atoms with Crippen LogP contribution in [0.2, 0.25) is 0 Å². The Hall–Kier alpha value is -1.42. The molecule has 0 aromatic heterocycles. The van der Waals surface area contributed by atoms with Crippen molar-refractivity contribution < 1.29 is 9.18 Å². The first kappa shape index (κ1) is 14.0. The van der Waals surface area contributed by atoms with Gasteiger partial charge < -0.3 is 10.6 Å². The molecule has 0 atom stereocenters. The van der Waals surface area contributed by atoms with Crippen LogP contribution < -0.4 is 10.6 Å². The number of piperidine rings is 1. The van der Waals surface area contributed by atoms with E-state index in [-0.39, 0.29) is 17.1 Å². The lowest BCUT2D eigenvalue weighted by Gasteiger charge is -2.32. The molecule has 1 aliphatic rings. The van der Waals surface area contributed by atoms with Crippen molar-refractivity contribution in [2.24, 2.45) is 5.41 Å². The highest BCUT2D eigenvalue weighted by Crippen LogP contribution is 2.27. The van der Waals surface area contributed by atoms with Gasteiger partial charge in [0.1, 0.15) is 5.82 Å².